The first-order valence-electron chi connectivity index (χ1n) is 9.56. The Kier molecular flexibility index (Phi) is 6.93. The van der Waals surface area contributed by atoms with E-state index >= 15 is 0 Å². The van der Waals surface area contributed by atoms with Crippen LogP contribution < -0.4 is 5.73 Å². The predicted octanol–water partition coefficient (Wildman–Crippen LogP) is 4.92. The maximum Gasteiger partial charge on any atom is 0.341 e. The number of thiophene rings is 1. The lowest BCUT2D eigenvalue weighted by molar-refractivity contribution is 0.00412. The summed E-state index contributed by atoms with van der Waals surface area (Å²) in [4.78, 5) is 13.6. The van der Waals surface area contributed by atoms with Gasteiger partial charge in [-0.2, -0.15) is 0 Å². The molecule has 0 saturated carbocycles. The first-order chi connectivity index (χ1) is 12.2. The molecule has 0 amide bonds. The monoisotopic (exact) mass is 399 g/mol. The summed E-state index contributed by atoms with van der Waals surface area (Å²) in [6.45, 7) is 13.4. The van der Waals surface area contributed by atoms with Gasteiger partial charge in [0.1, 0.15) is 16.7 Å². The van der Waals surface area contributed by atoms with Crippen LogP contribution in [0.2, 0.25) is 18.1 Å². The number of fused-ring (bicyclic) bond motifs is 1. The second-order valence-corrected chi connectivity index (χ2v) is 13.7. The third-order valence-electron chi connectivity index (χ3n) is 5.11. The number of anilines is 1. The molecule has 148 valence electrons. The smallest absolute Gasteiger partial charge is 0.341 e. The van der Waals surface area contributed by atoms with Gasteiger partial charge in [0.05, 0.1) is 18.8 Å². The Morgan fingerprint density at radius 2 is 1.88 bits per heavy atom. The number of esters is 1. The Labute approximate surface area is 162 Å². The zero-order valence-electron chi connectivity index (χ0n) is 16.9. The second kappa shape index (κ2) is 8.42. The summed E-state index contributed by atoms with van der Waals surface area (Å²) in [5, 5.41) is 0.518. The van der Waals surface area contributed by atoms with E-state index in [-0.39, 0.29) is 12.1 Å². The number of rotatable bonds is 7. The Hall–Kier alpha value is -0.893. The first-order valence-corrected chi connectivity index (χ1v) is 12.9. The van der Waals surface area contributed by atoms with Crippen LogP contribution in [0, 0.1) is 0 Å². The predicted molar refractivity (Wildman–Crippen MR) is 109 cm³/mol. The van der Waals surface area contributed by atoms with E-state index in [2.05, 4.69) is 20.8 Å². The van der Waals surface area contributed by atoms with E-state index in [9.17, 15) is 4.79 Å². The molecule has 0 radical (unpaired) electrons. The molecule has 1 unspecified atom stereocenters. The quantitative estimate of drug-likeness (QED) is 0.520. The molecule has 7 heteroatoms. The summed E-state index contributed by atoms with van der Waals surface area (Å²) in [5.41, 5.74) is 7.16. The van der Waals surface area contributed by atoms with Gasteiger partial charge in [0, 0.05) is 4.88 Å². The van der Waals surface area contributed by atoms with Gasteiger partial charge in [0.15, 0.2) is 8.32 Å². The van der Waals surface area contributed by atoms with Crippen molar-refractivity contribution in [1.29, 1.82) is 0 Å². The molecular formula is C19H33NO4SSi. The molecule has 1 aliphatic heterocycles. The maximum absolute atomic E-state index is 12.6. The molecule has 1 aromatic rings. The second-order valence-electron chi connectivity index (χ2n) is 7.85. The molecule has 26 heavy (non-hydrogen) atoms. The Balaban J connectivity index is 2.23. The van der Waals surface area contributed by atoms with E-state index < -0.39 is 13.9 Å². The number of carbonyl (C=O) groups excluding carboxylic acids is 1. The van der Waals surface area contributed by atoms with Gasteiger partial charge < -0.3 is 19.6 Å². The van der Waals surface area contributed by atoms with Crippen LogP contribution in [0.15, 0.2) is 0 Å². The van der Waals surface area contributed by atoms with Crippen LogP contribution in [0.1, 0.15) is 68.4 Å². The molecule has 0 spiro atoms. The van der Waals surface area contributed by atoms with Crippen molar-refractivity contribution in [1.82, 2.24) is 0 Å². The fourth-order valence-electron chi connectivity index (χ4n) is 3.38. The van der Waals surface area contributed by atoms with E-state index in [0.29, 0.717) is 30.2 Å². The molecule has 0 fully saturated rings. The average Bonchev–Trinajstić information content (AvgIpc) is 2.91. The normalized spacial score (nSPS) is 17.8. The lowest BCUT2D eigenvalue weighted by Crippen LogP contribution is -2.38. The maximum atomic E-state index is 12.6. The zero-order valence-corrected chi connectivity index (χ0v) is 18.8. The van der Waals surface area contributed by atoms with Gasteiger partial charge in [-0.25, -0.2) is 4.79 Å². The summed E-state index contributed by atoms with van der Waals surface area (Å²) < 4.78 is 18.0. The Morgan fingerprint density at radius 3 is 2.42 bits per heavy atom. The van der Waals surface area contributed by atoms with Crippen LogP contribution in [0.4, 0.5) is 5.00 Å². The van der Waals surface area contributed by atoms with Crippen molar-refractivity contribution >= 4 is 30.6 Å². The zero-order chi connectivity index (χ0) is 19.5. The van der Waals surface area contributed by atoms with Crippen molar-refractivity contribution in [2.75, 3.05) is 18.9 Å². The molecule has 2 N–H and O–H groups in total. The highest BCUT2D eigenvalue weighted by molar-refractivity contribution is 7.16. The fraction of sp³-hybridized carbons (Fsp3) is 0.737. The molecule has 0 aromatic carbocycles. The molecule has 2 heterocycles. The van der Waals surface area contributed by atoms with Crippen LogP contribution in [0.5, 0.6) is 0 Å². The minimum atomic E-state index is -1.68. The van der Waals surface area contributed by atoms with E-state index in [1.54, 1.807) is 0 Å². The van der Waals surface area contributed by atoms with Gasteiger partial charge in [-0.3, -0.25) is 0 Å². The van der Waals surface area contributed by atoms with Gasteiger partial charge in [-0.15, -0.1) is 11.3 Å². The highest BCUT2D eigenvalue weighted by Crippen LogP contribution is 2.41. The Morgan fingerprint density at radius 1 is 1.27 bits per heavy atom. The Bertz CT molecular complexity index is 626. The van der Waals surface area contributed by atoms with Gasteiger partial charge in [-0.1, -0.05) is 20.8 Å². The molecule has 1 aromatic heterocycles. The molecule has 0 saturated heterocycles. The summed E-state index contributed by atoms with van der Waals surface area (Å²) >= 11 is 1.44. The summed E-state index contributed by atoms with van der Waals surface area (Å²) in [7, 11) is -1.68. The largest absolute Gasteiger partial charge is 0.456 e. The third-order valence-corrected chi connectivity index (χ3v) is 10.9. The van der Waals surface area contributed by atoms with Crippen molar-refractivity contribution in [2.24, 2.45) is 0 Å². The third kappa shape index (κ3) is 4.68. The van der Waals surface area contributed by atoms with E-state index in [1.807, 2.05) is 20.8 Å². The van der Waals surface area contributed by atoms with E-state index in [0.717, 1.165) is 28.6 Å². The molecule has 1 atom stereocenters. The van der Waals surface area contributed by atoms with Crippen LogP contribution >= 0.6 is 11.3 Å². The molecular weight excluding hydrogens is 366 g/mol. The molecule has 0 aliphatic carbocycles. The van der Waals surface area contributed by atoms with Crippen LogP contribution in [0.3, 0.4) is 0 Å². The van der Waals surface area contributed by atoms with Gasteiger partial charge >= 0.3 is 5.97 Å². The summed E-state index contributed by atoms with van der Waals surface area (Å²) in [6, 6.07) is 3.32. The lowest BCUT2D eigenvalue weighted by atomic mass is 10.0. The molecule has 2 rings (SSSR count). The number of ether oxygens (including phenoxy) is 2. The number of carbonyl (C=O) groups is 1. The summed E-state index contributed by atoms with van der Waals surface area (Å²) in [6.07, 6.45) is 0.546. The molecule has 5 nitrogen and oxygen atoms in total. The number of hydrogen-bond donors (Lipinski definition) is 1. The molecule has 1 aliphatic rings. The van der Waals surface area contributed by atoms with Crippen LogP contribution in [0.25, 0.3) is 0 Å². The average molecular weight is 400 g/mol. The summed E-state index contributed by atoms with van der Waals surface area (Å²) in [5.74, 6) is -0.339. The van der Waals surface area contributed by atoms with E-state index in [4.69, 9.17) is 19.6 Å². The van der Waals surface area contributed by atoms with E-state index in [1.165, 1.54) is 11.3 Å². The van der Waals surface area contributed by atoms with Crippen molar-refractivity contribution in [3.05, 3.63) is 16.0 Å². The minimum absolute atomic E-state index is 0.140. The first kappa shape index (κ1) is 21.4. The standard InChI is InChI=1S/C19H33NO4SSi/c1-7-26(8-2,9-3)23-12-14-16-13(10-11-22-14)15(17(20)25-16)18(21)24-19(4,5)6/h14H,7-12,20H2,1-6H3. The number of hydrogen-bond acceptors (Lipinski definition) is 6. The van der Waals surface area contributed by atoms with Gasteiger partial charge in [-0.05, 0) is 50.9 Å². The minimum Gasteiger partial charge on any atom is -0.456 e. The highest BCUT2D eigenvalue weighted by Gasteiger charge is 2.35. The topological polar surface area (TPSA) is 70.8 Å². The van der Waals surface area contributed by atoms with Crippen molar-refractivity contribution in [3.63, 3.8) is 0 Å². The fourth-order valence-corrected chi connectivity index (χ4v) is 7.13. The molecule has 0 bridgehead atoms. The highest BCUT2D eigenvalue weighted by atomic mass is 32.1. The SMILES string of the molecule is CC[Si](CC)(CC)OCC1OCCc2c1sc(N)c2C(=O)OC(C)(C)C. The lowest BCUT2D eigenvalue weighted by Gasteiger charge is -2.31. The van der Waals surface area contributed by atoms with Crippen molar-refractivity contribution in [3.8, 4) is 0 Å². The van der Waals surface area contributed by atoms with Gasteiger partial charge in [0.2, 0.25) is 0 Å². The van der Waals surface area contributed by atoms with Gasteiger partial charge in [0.25, 0.3) is 0 Å². The van der Waals surface area contributed by atoms with Crippen molar-refractivity contribution in [2.45, 2.75) is 77.8 Å². The van der Waals surface area contributed by atoms with Crippen molar-refractivity contribution < 1.29 is 18.7 Å². The number of nitrogen functional groups attached to an aromatic ring is 1. The van der Waals surface area contributed by atoms with Crippen LogP contribution in [-0.4, -0.2) is 33.1 Å². The van der Waals surface area contributed by atoms with Crippen LogP contribution in [-0.2, 0) is 20.3 Å². The number of nitrogens with two attached hydrogens (primary N) is 1.